The first-order chi connectivity index (χ1) is 14.5. The maximum Gasteiger partial charge on any atom is 0.264 e. The number of aromatic nitrogens is 2. The van der Waals surface area contributed by atoms with Crippen LogP contribution in [0.25, 0.3) is 0 Å². The molecular weight excluding hydrogens is 420 g/mol. The molecule has 1 aromatic heterocycles. The van der Waals surface area contributed by atoms with Gasteiger partial charge in [0.1, 0.15) is 0 Å². The second kappa shape index (κ2) is 8.85. The van der Waals surface area contributed by atoms with Gasteiger partial charge in [0.15, 0.2) is 0 Å². The molecule has 7 nitrogen and oxygen atoms in total. The number of sulfonamides is 1. The van der Waals surface area contributed by atoms with Crippen LogP contribution in [0.15, 0.2) is 70.7 Å². The number of nitrogens with one attached hydrogen (secondary N) is 2. The fraction of sp³-hybridized carbons (Fsp3) is 0.190. The smallest absolute Gasteiger partial charge is 0.264 e. The van der Waals surface area contributed by atoms with Crippen LogP contribution in [0, 0.1) is 0 Å². The van der Waals surface area contributed by atoms with E-state index in [1.54, 1.807) is 18.2 Å². The quantitative estimate of drug-likeness (QED) is 0.546. The molecular formula is C21H20N4O3S2. The van der Waals surface area contributed by atoms with Gasteiger partial charge in [-0.3, -0.25) is 4.79 Å². The number of aryl methyl sites for hydroxylation is 2. The Morgan fingerprint density at radius 3 is 2.50 bits per heavy atom. The molecule has 1 amide bonds. The number of benzene rings is 2. The van der Waals surface area contributed by atoms with Gasteiger partial charge in [-0.25, -0.2) is 23.1 Å². The Labute approximate surface area is 179 Å². The summed E-state index contributed by atoms with van der Waals surface area (Å²) in [6, 6.07) is 13.9. The molecule has 1 aliphatic carbocycles. The third-order valence-electron chi connectivity index (χ3n) is 4.68. The normalized spacial score (nSPS) is 12.9. The number of hydrogen-bond donors (Lipinski definition) is 2. The van der Waals surface area contributed by atoms with E-state index >= 15 is 0 Å². The van der Waals surface area contributed by atoms with Crippen molar-refractivity contribution in [2.75, 3.05) is 15.8 Å². The average molecular weight is 441 g/mol. The van der Waals surface area contributed by atoms with Crippen LogP contribution in [-0.2, 0) is 27.7 Å². The van der Waals surface area contributed by atoms with E-state index < -0.39 is 10.0 Å². The third-order valence-corrected chi connectivity index (χ3v) is 7.02. The number of carbonyl (C=O) groups excluding carboxylic acids is 1. The van der Waals surface area contributed by atoms with Crippen molar-refractivity contribution in [1.82, 2.24) is 9.97 Å². The van der Waals surface area contributed by atoms with Gasteiger partial charge in [-0.1, -0.05) is 6.07 Å². The van der Waals surface area contributed by atoms with Gasteiger partial charge >= 0.3 is 0 Å². The Morgan fingerprint density at radius 2 is 1.73 bits per heavy atom. The molecule has 0 fully saturated rings. The zero-order chi connectivity index (χ0) is 21.0. The summed E-state index contributed by atoms with van der Waals surface area (Å²) in [5, 5.41) is 2.79. The summed E-state index contributed by atoms with van der Waals surface area (Å²) in [4.78, 5) is 21.1. The molecule has 0 spiro atoms. The van der Waals surface area contributed by atoms with Crippen molar-refractivity contribution < 1.29 is 13.2 Å². The van der Waals surface area contributed by atoms with E-state index in [1.807, 2.05) is 0 Å². The van der Waals surface area contributed by atoms with Crippen molar-refractivity contribution in [2.45, 2.75) is 29.1 Å². The highest BCUT2D eigenvalue weighted by molar-refractivity contribution is 8.00. The van der Waals surface area contributed by atoms with E-state index in [0.29, 0.717) is 5.69 Å². The molecule has 3 aromatic rings. The molecule has 4 rings (SSSR count). The molecule has 0 saturated heterocycles. The number of nitrogens with zero attached hydrogens (tertiary/aromatic N) is 2. The Balaban J connectivity index is 1.33. The van der Waals surface area contributed by atoms with E-state index in [0.717, 1.165) is 17.7 Å². The first-order valence-corrected chi connectivity index (χ1v) is 11.9. The van der Waals surface area contributed by atoms with E-state index in [9.17, 15) is 13.2 Å². The molecule has 0 atom stereocenters. The van der Waals surface area contributed by atoms with Crippen molar-refractivity contribution in [3.63, 3.8) is 0 Å². The minimum Gasteiger partial charge on any atom is -0.325 e. The standard InChI is InChI=1S/C21H20N4O3S2/c26-20(14-29-18-8-5-15-3-1-4-16(15)13-18)24-17-6-9-19(10-7-17)30(27,28)25-21-22-11-2-12-23-21/h2,5-13H,1,3-4,14H2,(H,24,26)(H,22,23,25). The maximum absolute atomic E-state index is 12.4. The number of fused-ring (bicyclic) bond motifs is 1. The molecule has 1 aliphatic rings. The van der Waals surface area contributed by atoms with Crippen LogP contribution in [0.1, 0.15) is 17.5 Å². The summed E-state index contributed by atoms with van der Waals surface area (Å²) in [6.45, 7) is 0. The van der Waals surface area contributed by atoms with Gasteiger partial charge in [0.05, 0.1) is 10.6 Å². The number of rotatable bonds is 7. The Bertz CT molecular complexity index is 1150. The molecule has 1 heterocycles. The summed E-state index contributed by atoms with van der Waals surface area (Å²) in [5.74, 6) is 0.136. The number of hydrogen-bond acceptors (Lipinski definition) is 6. The lowest BCUT2D eigenvalue weighted by Gasteiger charge is -2.09. The van der Waals surface area contributed by atoms with Crippen molar-refractivity contribution in [2.24, 2.45) is 0 Å². The average Bonchev–Trinajstić information content (AvgIpc) is 3.21. The van der Waals surface area contributed by atoms with E-state index in [2.05, 4.69) is 38.2 Å². The Kier molecular flexibility index (Phi) is 6.01. The van der Waals surface area contributed by atoms with Crippen LogP contribution in [0.3, 0.4) is 0 Å². The summed E-state index contributed by atoms with van der Waals surface area (Å²) in [5.41, 5.74) is 3.32. The number of carbonyl (C=O) groups is 1. The lowest BCUT2D eigenvalue weighted by molar-refractivity contribution is -0.113. The highest BCUT2D eigenvalue weighted by atomic mass is 32.2. The largest absolute Gasteiger partial charge is 0.325 e. The highest BCUT2D eigenvalue weighted by Crippen LogP contribution is 2.27. The van der Waals surface area contributed by atoms with Crippen LogP contribution >= 0.6 is 11.8 Å². The van der Waals surface area contributed by atoms with E-state index in [1.165, 1.54) is 53.8 Å². The zero-order valence-electron chi connectivity index (χ0n) is 16.0. The van der Waals surface area contributed by atoms with Crippen molar-refractivity contribution in [3.8, 4) is 0 Å². The van der Waals surface area contributed by atoms with Crippen LogP contribution in [0.4, 0.5) is 11.6 Å². The number of anilines is 2. The molecule has 0 saturated carbocycles. The number of amides is 1. The van der Waals surface area contributed by atoms with Crippen LogP contribution in [-0.4, -0.2) is 30.0 Å². The van der Waals surface area contributed by atoms with Crippen molar-refractivity contribution >= 4 is 39.3 Å². The molecule has 0 unspecified atom stereocenters. The highest BCUT2D eigenvalue weighted by Gasteiger charge is 2.16. The van der Waals surface area contributed by atoms with E-state index in [4.69, 9.17) is 0 Å². The van der Waals surface area contributed by atoms with Crippen LogP contribution in [0.5, 0.6) is 0 Å². The van der Waals surface area contributed by atoms with Gasteiger partial charge in [0.2, 0.25) is 11.9 Å². The number of thioether (sulfide) groups is 1. The fourth-order valence-electron chi connectivity index (χ4n) is 3.23. The Hall–Kier alpha value is -2.91. The van der Waals surface area contributed by atoms with Gasteiger partial charge < -0.3 is 5.32 Å². The summed E-state index contributed by atoms with van der Waals surface area (Å²) in [6.07, 6.45) is 6.34. The predicted molar refractivity (Wildman–Crippen MR) is 117 cm³/mol. The fourth-order valence-corrected chi connectivity index (χ4v) is 4.95. The van der Waals surface area contributed by atoms with Gasteiger partial charge in [-0.05, 0) is 72.9 Å². The Morgan fingerprint density at radius 1 is 1.00 bits per heavy atom. The lowest BCUT2D eigenvalue weighted by atomic mass is 10.1. The summed E-state index contributed by atoms with van der Waals surface area (Å²) >= 11 is 1.49. The molecule has 0 radical (unpaired) electrons. The monoisotopic (exact) mass is 440 g/mol. The third kappa shape index (κ3) is 4.98. The minimum atomic E-state index is -3.80. The molecule has 2 aromatic carbocycles. The minimum absolute atomic E-state index is 0.00143. The first-order valence-electron chi connectivity index (χ1n) is 9.44. The molecule has 0 bridgehead atoms. The van der Waals surface area contributed by atoms with Gasteiger partial charge in [-0.15, -0.1) is 11.8 Å². The topological polar surface area (TPSA) is 101 Å². The molecule has 0 aliphatic heterocycles. The summed E-state index contributed by atoms with van der Waals surface area (Å²) in [7, 11) is -3.80. The second-order valence-corrected chi connectivity index (χ2v) is 9.55. The van der Waals surface area contributed by atoms with E-state index in [-0.39, 0.29) is 22.5 Å². The van der Waals surface area contributed by atoms with Gasteiger partial charge in [-0.2, -0.15) is 0 Å². The second-order valence-electron chi connectivity index (χ2n) is 6.82. The van der Waals surface area contributed by atoms with Crippen molar-refractivity contribution in [3.05, 3.63) is 72.1 Å². The maximum atomic E-state index is 12.4. The predicted octanol–water partition coefficient (Wildman–Crippen LogP) is 3.50. The first kappa shape index (κ1) is 20.4. The molecule has 154 valence electrons. The molecule has 2 N–H and O–H groups in total. The zero-order valence-corrected chi connectivity index (χ0v) is 17.7. The summed E-state index contributed by atoms with van der Waals surface area (Å²) < 4.78 is 27.1. The van der Waals surface area contributed by atoms with Crippen LogP contribution in [0.2, 0.25) is 0 Å². The lowest BCUT2D eigenvalue weighted by Crippen LogP contribution is -2.16. The molecule has 30 heavy (non-hydrogen) atoms. The van der Waals surface area contributed by atoms with Gasteiger partial charge in [0.25, 0.3) is 10.0 Å². The van der Waals surface area contributed by atoms with Crippen molar-refractivity contribution in [1.29, 1.82) is 0 Å². The van der Waals surface area contributed by atoms with Gasteiger partial charge in [0, 0.05) is 23.0 Å². The SMILES string of the molecule is O=C(CSc1ccc2c(c1)CCC2)Nc1ccc(S(=O)(=O)Nc2ncccn2)cc1. The molecule has 9 heteroatoms. The van der Waals surface area contributed by atoms with Crippen LogP contribution < -0.4 is 10.0 Å².